The monoisotopic (exact) mass is 573 g/mol. The molecule has 42 heavy (non-hydrogen) atoms. The van der Waals surface area contributed by atoms with Crippen molar-refractivity contribution in [2.45, 2.75) is 70.7 Å². The van der Waals surface area contributed by atoms with Gasteiger partial charge < -0.3 is 23.7 Å². The third kappa shape index (κ3) is 6.60. The molecule has 2 heterocycles. The lowest BCUT2D eigenvalue weighted by Gasteiger charge is -2.48. The van der Waals surface area contributed by atoms with Crippen molar-refractivity contribution in [3.05, 3.63) is 107 Å². The Morgan fingerprint density at radius 3 is 1.90 bits per heavy atom. The maximum Gasteiger partial charge on any atom is 0.303 e. The van der Waals surface area contributed by atoms with Crippen LogP contribution >= 0.6 is 0 Å². The van der Waals surface area contributed by atoms with E-state index in [4.69, 9.17) is 23.7 Å². The van der Waals surface area contributed by atoms with Crippen molar-refractivity contribution in [2.75, 3.05) is 6.61 Å². The van der Waals surface area contributed by atoms with E-state index in [0.717, 1.165) is 16.0 Å². The summed E-state index contributed by atoms with van der Waals surface area (Å²) in [6.45, 7) is 5.45. The molecule has 1 fully saturated rings. The van der Waals surface area contributed by atoms with Crippen LogP contribution in [0.1, 0.15) is 52.6 Å². The number of hydrogen-bond donors (Lipinski definition) is 0. The standard InChI is InChI=1S/C33H35NO8/c1-21(2)40-33-28(34-31(36)25-16-10-11-17-26(25)32(34)37)30(39-19-24-14-8-5-9-15-24)29(41-22(3)35)27(42-33)20-38-18-23-12-6-4-7-13-23/h4-17,21,27-30,33H,18-20H2,1-3H3/t27-,28-,29-,30-,33-/m1/s1. The Labute approximate surface area is 245 Å². The molecule has 0 N–H and O–H groups in total. The molecule has 220 valence electrons. The Morgan fingerprint density at radius 1 is 0.810 bits per heavy atom. The van der Waals surface area contributed by atoms with Gasteiger partial charge in [0.15, 0.2) is 12.4 Å². The number of ether oxygens (including phenoxy) is 5. The van der Waals surface area contributed by atoms with Gasteiger partial charge in [0.25, 0.3) is 11.8 Å². The summed E-state index contributed by atoms with van der Waals surface area (Å²) < 4.78 is 30.9. The van der Waals surface area contributed by atoms with Crippen LogP contribution in [0.4, 0.5) is 0 Å². The second-order valence-electron chi connectivity index (χ2n) is 10.6. The molecular formula is C33H35NO8. The molecule has 0 aliphatic carbocycles. The Balaban J connectivity index is 1.51. The van der Waals surface area contributed by atoms with Crippen molar-refractivity contribution < 1.29 is 38.1 Å². The highest BCUT2D eigenvalue weighted by atomic mass is 16.7. The van der Waals surface area contributed by atoms with E-state index in [9.17, 15) is 14.4 Å². The number of esters is 1. The van der Waals surface area contributed by atoms with E-state index in [-0.39, 0.29) is 30.4 Å². The van der Waals surface area contributed by atoms with Gasteiger partial charge in [-0.2, -0.15) is 0 Å². The highest BCUT2D eigenvalue weighted by Crippen LogP contribution is 2.36. The number of carbonyl (C=O) groups is 3. The highest BCUT2D eigenvalue weighted by molar-refractivity contribution is 6.21. The maximum atomic E-state index is 13.7. The lowest BCUT2D eigenvalue weighted by molar-refractivity contribution is -0.299. The smallest absolute Gasteiger partial charge is 0.303 e. The van der Waals surface area contributed by atoms with Gasteiger partial charge in [0.1, 0.15) is 18.2 Å². The first kappa shape index (κ1) is 29.6. The average molecular weight is 574 g/mol. The van der Waals surface area contributed by atoms with Crippen LogP contribution in [0.3, 0.4) is 0 Å². The van der Waals surface area contributed by atoms with Crippen molar-refractivity contribution in [1.29, 1.82) is 0 Å². The summed E-state index contributed by atoms with van der Waals surface area (Å²) in [6.07, 6.45) is -4.21. The molecule has 3 aromatic rings. The third-order valence-corrected chi connectivity index (χ3v) is 7.13. The molecule has 0 radical (unpaired) electrons. The average Bonchev–Trinajstić information content (AvgIpc) is 3.23. The van der Waals surface area contributed by atoms with Crippen molar-refractivity contribution in [2.24, 2.45) is 0 Å². The first-order valence-corrected chi connectivity index (χ1v) is 14.1. The molecule has 9 heteroatoms. The number of nitrogens with zero attached hydrogens (tertiary/aromatic N) is 1. The van der Waals surface area contributed by atoms with E-state index in [2.05, 4.69) is 0 Å². The van der Waals surface area contributed by atoms with Crippen LogP contribution < -0.4 is 0 Å². The number of imide groups is 1. The molecule has 0 unspecified atom stereocenters. The molecular weight excluding hydrogens is 538 g/mol. The lowest BCUT2D eigenvalue weighted by Crippen LogP contribution is -2.67. The van der Waals surface area contributed by atoms with E-state index in [0.29, 0.717) is 6.61 Å². The van der Waals surface area contributed by atoms with Gasteiger partial charge in [-0.1, -0.05) is 72.8 Å². The summed E-state index contributed by atoms with van der Waals surface area (Å²) in [4.78, 5) is 40.9. The Hall–Kier alpha value is -3.89. The molecule has 0 aromatic heterocycles. The normalized spacial score (nSPS) is 23.7. The molecule has 1 saturated heterocycles. The van der Waals surface area contributed by atoms with E-state index in [1.807, 2.05) is 74.5 Å². The molecule has 3 aromatic carbocycles. The largest absolute Gasteiger partial charge is 0.457 e. The van der Waals surface area contributed by atoms with Crippen LogP contribution in [0, 0.1) is 0 Å². The van der Waals surface area contributed by atoms with Gasteiger partial charge in [-0.3, -0.25) is 19.3 Å². The first-order valence-electron chi connectivity index (χ1n) is 14.1. The van der Waals surface area contributed by atoms with Crippen LogP contribution in [0.5, 0.6) is 0 Å². The fraction of sp³-hybridized carbons (Fsp3) is 0.364. The van der Waals surface area contributed by atoms with Crippen LogP contribution in [0.25, 0.3) is 0 Å². The van der Waals surface area contributed by atoms with Crippen LogP contribution in [0.2, 0.25) is 0 Å². The highest BCUT2D eigenvalue weighted by Gasteiger charge is 2.56. The summed E-state index contributed by atoms with van der Waals surface area (Å²) in [5, 5.41) is 0. The van der Waals surface area contributed by atoms with Crippen molar-refractivity contribution >= 4 is 17.8 Å². The molecule has 2 aliphatic rings. The molecule has 5 rings (SSSR count). The van der Waals surface area contributed by atoms with E-state index in [1.54, 1.807) is 24.3 Å². The number of amides is 2. The van der Waals surface area contributed by atoms with Gasteiger partial charge in [0.2, 0.25) is 0 Å². The Kier molecular flexibility index (Phi) is 9.44. The number of hydrogen-bond acceptors (Lipinski definition) is 8. The topological polar surface area (TPSA) is 101 Å². The molecule has 2 aliphatic heterocycles. The van der Waals surface area contributed by atoms with Gasteiger partial charge >= 0.3 is 5.97 Å². The summed E-state index contributed by atoms with van der Waals surface area (Å²) in [5.41, 5.74) is 2.40. The fourth-order valence-electron chi connectivity index (χ4n) is 5.32. The Morgan fingerprint density at radius 2 is 1.36 bits per heavy atom. The number of fused-ring (bicyclic) bond motifs is 1. The molecule has 5 atom stereocenters. The molecule has 0 bridgehead atoms. The van der Waals surface area contributed by atoms with E-state index >= 15 is 0 Å². The van der Waals surface area contributed by atoms with E-state index in [1.165, 1.54) is 6.92 Å². The molecule has 0 saturated carbocycles. The minimum atomic E-state index is -1.08. The van der Waals surface area contributed by atoms with Crippen molar-refractivity contribution in [3.8, 4) is 0 Å². The minimum Gasteiger partial charge on any atom is -0.457 e. The van der Waals surface area contributed by atoms with Gasteiger partial charge in [-0.15, -0.1) is 0 Å². The molecule has 0 spiro atoms. The predicted octanol–water partition coefficient (Wildman–Crippen LogP) is 4.54. The van der Waals surface area contributed by atoms with Crippen LogP contribution in [-0.4, -0.2) is 66.0 Å². The van der Waals surface area contributed by atoms with Gasteiger partial charge in [0, 0.05) is 6.92 Å². The van der Waals surface area contributed by atoms with Gasteiger partial charge in [-0.05, 0) is 37.1 Å². The van der Waals surface area contributed by atoms with Gasteiger partial charge in [-0.25, -0.2) is 0 Å². The predicted molar refractivity (Wildman–Crippen MR) is 152 cm³/mol. The number of benzene rings is 3. The second-order valence-corrected chi connectivity index (χ2v) is 10.6. The summed E-state index contributed by atoms with van der Waals surface area (Å²) in [7, 11) is 0. The van der Waals surface area contributed by atoms with Gasteiger partial charge in [0.05, 0.1) is 37.1 Å². The maximum absolute atomic E-state index is 13.7. The lowest BCUT2D eigenvalue weighted by atomic mass is 9.94. The third-order valence-electron chi connectivity index (χ3n) is 7.13. The molecule has 2 amide bonds. The fourth-order valence-corrected chi connectivity index (χ4v) is 5.32. The number of rotatable bonds is 11. The summed E-state index contributed by atoms with van der Waals surface area (Å²) in [5.74, 6) is -1.54. The second kappa shape index (κ2) is 13.4. The Bertz CT molecular complexity index is 1340. The zero-order valence-electron chi connectivity index (χ0n) is 23.9. The zero-order valence-corrected chi connectivity index (χ0v) is 23.9. The minimum absolute atomic E-state index is 0.0465. The molecule has 9 nitrogen and oxygen atoms in total. The van der Waals surface area contributed by atoms with Crippen molar-refractivity contribution in [3.63, 3.8) is 0 Å². The van der Waals surface area contributed by atoms with Crippen molar-refractivity contribution in [1.82, 2.24) is 4.90 Å². The summed E-state index contributed by atoms with van der Waals surface area (Å²) >= 11 is 0. The zero-order chi connectivity index (χ0) is 29.6. The quantitative estimate of drug-likeness (QED) is 0.244. The first-order chi connectivity index (χ1) is 20.3. The van der Waals surface area contributed by atoms with Crippen LogP contribution in [0.15, 0.2) is 84.9 Å². The van der Waals surface area contributed by atoms with Crippen LogP contribution in [-0.2, 0) is 41.7 Å². The SMILES string of the molecule is CC(=O)O[C@H]1[C@H](OCc2ccccc2)[C@@H](N2C(=O)c3ccccc3C2=O)[C@H](OC(C)C)O[C@@H]1COCc1ccccc1. The van der Waals surface area contributed by atoms with E-state index < -0.39 is 48.4 Å². The summed E-state index contributed by atoms with van der Waals surface area (Å²) in [6, 6.07) is 24.7. The number of carbonyl (C=O) groups excluding carboxylic acids is 3.